The molecule has 24 heavy (non-hydrogen) atoms. The van der Waals surface area contributed by atoms with Gasteiger partial charge in [0.05, 0.1) is 5.52 Å². The summed E-state index contributed by atoms with van der Waals surface area (Å²) in [5.41, 5.74) is 4.02. The van der Waals surface area contributed by atoms with Gasteiger partial charge in [-0.3, -0.25) is 9.59 Å². The molecular weight excluding hydrogens is 302 g/mol. The molecular formula is C19H25N3O2. The highest BCUT2D eigenvalue weighted by Crippen LogP contribution is 2.18. The fourth-order valence-electron chi connectivity index (χ4n) is 3.46. The smallest absolute Gasteiger partial charge is 0.219 e. The van der Waals surface area contributed by atoms with Crippen LogP contribution in [0, 0.1) is 13.8 Å². The van der Waals surface area contributed by atoms with E-state index in [1.54, 1.807) is 13.0 Å². The van der Waals surface area contributed by atoms with Crippen LogP contribution in [-0.4, -0.2) is 34.9 Å². The minimum Gasteiger partial charge on any atom is -0.357 e. The number of H-pyrrole nitrogens is 1. The number of amides is 1. The first-order valence-electron chi connectivity index (χ1n) is 8.56. The number of hydrogen-bond donors (Lipinski definition) is 2. The van der Waals surface area contributed by atoms with Crippen LogP contribution >= 0.6 is 0 Å². The van der Waals surface area contributed by atoms with E-state index in [0.29, 0.717) is 12.6 Å². The molecule has 0 unspecified atom stereocenters. The van der Waals surface area contributed by atoms with Crippen molar-refractivity contribution >= 4 is 16.8 Å². The van der Waals surface area contributed by atoms with Crippen molar-refractivity contribution in [3.05, 3.63) is 45.2 Å². The molecule has 2 heterocycles. The zero-order chi connectivity index (χ0) is 17.3. The van der Waals surface area contributed by atoms with Gasteiger partial charge in [0.25, 0.3) is 0 Å². The SMILES string of the molecule is CC(=O)N1CCC(NCc2cc(=O)c3c(C)ccc(C)c3[nH]2)CC1. The van der Waals surface area contributed by atoms with Gasteiger partial charge in [-0.05, 0) is 37.8 Å². The highest BCUT2D eigenvalue weighted by molar-refractivity contribution is 5.84. The van der Waals surface area contributed by atoms with E-state index in [1.165, 1.54) is 0 Å². The number of piperidine rings is 1. The maximum Gasteiger partial charge on any atom is 0.219 e. The third-order valence-corrected chi connectivity index (χ3v) is 4.98. The number of aromatic amines is 1. The van der Waals surface area contributed by atoms with E-state index in [2.05, 4.69) is 10.3 Å². The van der Waals surface area contributed by atoms with Crippen molar-refractivity contribution in [1.29, 1.82) is 0 Å². The van der Waals surface area contributed by atoms with Crippen molar-refractivity contribution in [2.75, 3.05) is 13.1 Å². The number of nitrogens with one attached hydrogen (secondary N) is 2. The van der Waals surface area contributed by atoms with Crippen molar-refractivity contribution in [3.8, 4) is 0 Å². The lowest BCUT2D eigenvalue weighted by molar-refractivity contribution is -0.129. The molecule has 2 N–H and O–H groups in total. The van der Waals surface area contributed by atoms with E-state index >= 15 is 0 Å². The molecule has 0 aliphatic carbocycles. The van der Waals surface area contributed by atoms with Gasteiger partial charge in [0, 0.05) is 49.7 Å². The Bertz CT molecular complexity index is 817. The molecule has 1 amide bonds. The minimum absolute atomic E-state index is 0.0770. The van der Waals surface area contributed by atoms with E-state index in [4.69, 9.17) is 0 Å². The molecule has 0 radical (unpaired) electrons. The van der Waals surface area contributed by atoms with Crippen LogP contribution in [0.3, 0.4) is 0 Å². The summed E-state index contributed by atoms with van der Waals surface area (Å²) >= 11 is 0. The Morgan fingerprint density at radius 3 is 2.58 bits per heavy atom. The fraction of sp³-hybridized carbons (Fsp3) is 0.474. The van der Waals surface area contributed by atoms with Gasteiger partial charge >= 0.3 is 0 Å². The summed E-state index contributed by atoms with van der Waals surface area (Å²) in [6.45, 7) is 7.87. The molecule has 1 aliphatic rings. The first-order chi connectivity index (χ1) is 11.5. The molecule has 3 rings (SSSR count). The molecule has 2 aromatic rings. The molecule has 0 bridgehead atoms. The van der Waals surface area contributed by atoms with Crippen LogP contribution < -0.4 is 10.7 Å². The van der Waals surface area contributed by atoms with Crippen LogP contribution in [0.15, 0.2) is 23.0 Å². The highest BCUT2D eigenvalue weighted by Gasteiger charge is 2.20. The zero-order valence-electron chi connectivity index (χ0n) is 14.6. The number of aryl methyl sites for hydroxylation is 2. The maximum atomic E-state index is 12.4. The van der Waals surface area contributed by atoms with Crippen molar-refractivity contribution < 1.29 is 4.79 Å². The Balaban J connectivity index is 1.72. The number of nitrogens with zero attached hydrogens (tertiary/aromatic N) is 1. The zero-order valence-corrected chi connectivity index (χ0v) is 14.6. The lowest BCUT2D eigenvalue weighted by Crippen LogP contribution is -2.44. The summed E-state index contributed by atoms with van der Waals surface area (Å²) in [6, 6.07) is 6.13. The molecule has 1 aromatic heterocycles. The molecule has 0 saturated carbocycles. The predicted molar refractivity (Wildman–Crippen MR) is 96.2 cm³/mol. The first-order valence-corrected chi connectivity index (χ1v) is 8.56. The van der Waals surface area contributed by atoms with Gasteiger partial charge in [0.15, 0.2) is 5.43 Å². The van der Waals surface area contributed by atoms with Crippen LogP contribution in [0.5, 0.6) is 0 Å². The lowest BCUT2D eigenvalue weighted by atomic mass is 10.0. The van der Waals surface area contributed by atoms with E-state index in [0.717, 1.165) is 53.7 Å². The third kappa shape index (κ3) is 3.36. The monoisotopic (exact) mass is 327 g/mol. The standard InChI is InChI=1S/C19H25N3O2/c1-12-4-5-13(2)19-18(12)17(24)10-16(21-19)11-20-15-6-8-22(9-7-15)14(3)23/h4-5,10,15,20H,6-9,11H2,1-3H3,(H,21,24). The van der Waals surface area contributed by atoms with E-state index in [9.17, 15) is 9.59 Å². The largest absolute Gasteiger partial charge is 0.357 e. The normalized spacial score (nSPS) is 15.9. The van der Waals surface area contributed by atoms with Crippen LogP contribution in [0.4, 0.5) is 0 Å². The fourth-order valence-corrected chi connectivity index (χ4v) is 3.46. The van der Waals surface area contributed by atoms with Gasteiger partial charge in [-0.15, -0.1) is 0 Å². The van der Waals surface area contributed by atoms with Gasteiger partial charge in [-0.25, -0.2) is 0 Å². The van der Waals surface area contributed by atoms with Crippen LogP contribution in [0.2, 0.25) is 0 Å². The first kappa shape index (κ1) is 16.7. The Hall–Kier alpha value is -2.14. The summed E-state index contributed by atoms with van der Waals surface area (Å²) < 4.78 is 0. The molecule has 5 nitrogen and oxygen atoms in total. The number of benzene rings is 1. The summed E-state index contributed by atoms with van der Waals surface area (Å²) in [5, 5.41) is 4.30. The van der Waals surface area contributed by atoms with E-state index in [1.807, 2.05) is 30.9 Å². The number of fused-ring (bicyclic) bond motifs is 1. The number of hydrogen-bond acceptors (Lipinski definition) is 3. The van der Waals surface area contributed by atoms with Gasteiger partial charge in [-0.1, -0.05) is 12.1 Å². The Morgan fingerprint density at radius 1 is 1.25 bits per heavy atom. The molecule has 5 heteroatoms. The maximum absolute atomic E-state index is 12.4. The van der Waals surface area contributed by atoms with Gasteiger partial charge < -0.3 is 15.2 Å². The van der Waals surface area contributed by atoms with Crippen LogP contribution in [0.1, 0.15) is 36.6 Å². The molecule has 1 saturated heterocycles. The highest BCUT2D eigenvalue weighted by atomic mass is 16.2. The Kier molecular flexibility index (Phi) is 4.71. The number of likely N-dealkylation sites (tertiary alicyclic amines) is 1. The molecule has 1 aliphatic heterocycles. The lowest BCUT2D eigenvalue weighted by Gasteiger charge is -2.31. The van der Waals surface area contributed by atoms with Crippen LogP contribution in [-0.2, 0) is 11.3 Å². The summed E-state index contributed by atoms with van der Waals surface area (Å²) in [7, 11) is 0. The molecule has 128 valence electrons. The van der Waals surface area contributed by atoms with Gasteiger partial charge in [-0.2, -0.15) is 0 Å². The van der Waals surface area contributed by atoms with Crippen molar-refractivity contribution in [2.45, 2.75) is 46.2 Å². The second-order valence-corrected chi connectivity index (χ2v) is 6.77. The molecule has 0 spiro atoms. The number of carbonyl (C=O) groups is 1. The average Bonchev–Trinajstić information content (AvgIpc) is 2.56. The number of aromatic nitrogens is 1. The number of rotatable bonds is 3. The second-order valence-electron chi connectivity index (χ2n) is 6.77. The van der Waals surface area contributed by atoms with Gasteiger partial charge in [0.2, 0.25) is 5.91 Å². The summed E-state index contributed by atoms with van der Waals surface area (Å²) in [4.78, 5) is 29.1. The quantitative estimate of drug-likeness (QED) is 0.909. The summed E-state index contributed by atoms with van der Waals surface area (Å²) in [5.74, 6) is 0.151. The topological polar surface area (TPSA) is 65.2 Å². The average molecular weight is 327 g/mol. The second kappa shape index (κ2) is 6.77. The molecule has 0 atom stereocenters. The van der Waals surface area contributed by atoms with Crippen molar-refractivity contribution in [2.24, 2.45) is 0 Å². The molecule has 1 aromatic carbocycles. The number of carbonyl (C=O) groups excluding carboxylic acids is 1. The van der Waals surface area contributed by atoms with E-state index in [-0.39, 0.29) is 11.3 Å². The predicted octanol–water partition coefficient (Wildman–Crippen LogP) is 2.25. The van der Waals surface area contributed by atoms with Gasteiger partial charge in [0.1, 0.15) is 0 Å². The number of pyridine rings is 1. The minimum atomic E-state index is 0.0770. The van der Waals surface area contributed by atoms with Crippen molar-refractivity contribution in [3.63, 3.8) is 0 Å². The molecule has 1 fully saturated rings. The summed E-state index contributed by atoms with van der Waals surface area (Å²) in [6.07, 6.45) is 1.91. The Labute approximate surface area is 142 Å². The van der Waals surface area contributed by atoms with E-state index < -0.39 is 0 Å². The van der Waals surface area contributed by atoms with Crippen molar-refractivity contribution in [1.82, 2.24) is 15.2 Å². The Morgan fingerprint density at radius 2 is 1.92 bits per heavy atom. The van der Waals surface area contributed by atoms with Crippen LogP contribution in [0.25, 0.3) is 10.9 Å². The third-order valence-electron chi connectivity index (χ3n) is 4.98.